The molecule has 1 rings (SSSR count). The molecule has 7 nitrogen and oxygen atoms in total. The van der Waals surface area contributed by atoms with Crippen LogP contribution in [-0.4, -0.2) is 45.3 Å². The van der Waals surface area contributed by atoms with Crippen molar-refractivity contribution in [2.45, 2.75) is 33.1 Å². The summed E-state index contributed by atoms with van der Waals surface area (Å²) in [4.78, 5) is 36.9. The molecule has 154 valence electrons. The lowest BCUT2D eigenvalue weighted by molar-refractivity contribution is -0.172. The van der Waals surface area contributed by atoms with Gasteiger partial charge < -0.3 is 18.9 Å². The first-order valence-corrected chi connectivity index (χ1v) is 9.12. The van der Waals surface area contributed by atoms with Gasteiger partial charge in [0, 0.05) is 0 Å². The molecule has 0 unspecified atom stereocenters. The van der Waals surface area contributed by atoms with E-state index in [2.05, 4.69) is 4.74 Å². The monoisotopic (exact) mass is 392 g/mol. The Balaban J connectivity index is 3.22. The fourth-order valence-electron chi connectivity index (χ4n) is 2.64. The molecule has 0 aliphatic heterocycles. The Morgan fingerprint density at radius 3 is 1.96 bits per heavy atom. The van der Waals surface area contributed by atoms with Gasteiger partial charge in [-0.15, -0.1) is 0 Å². The zero-order valence-corrected chi connectivity index (χ0v) is 16.9. The van der Waals surface area contributed by atoms with Crippen LogP contribution in [0.5, 0.6) is 5.75 Å². The summed E-state index contributed by atoms with van der Waals surface area (Å²) in [6, 6.07) is 7.07. The number of hydrogen-bond acceptors (Lipinski definition) is 7. The van der Waals surface area contributed by atoms with E-state index in [1.54, 1.807) is 57.4 Å². The number of carbonyl (C=O) groups is 3. The van der Waals surface area contributed by atoms with Crippen molar-refractivity contribution in [2.24, 2.45) is 5.41 Å². The van der Waals surface area contributed by atoms with Gasteiger partial charge in [-0.05, 0) is 44.4 Å². The normalized spacial score (nSPS) is 11.1. The highest BCUT2D eigenvalue weighted by Crippen LogP contribution is 2.32. The number of ether oxygens (including phenoxy) is 4. The summed E-state index contributed by atoms with van der Waals surface area (Å²) in [5.41, 5.74) is -0.795. The van der Waals surface area contributed by atoms with Crippen molar-refractivity contribution >= 4 is 17.9 Å². The molecule has 0 aliphatic rings. The summed E-state index contributed by atoms with van der Waals surface area (Å²) in [5.74, 6) is -1.07. The molecule has 1 aromatic rings. The average Bonchev–Trinajstić information content (AvgIpc) is 2.70. The molecule has 0 heterocycles. The van der Waals surface area contributed by atoms with Gasteiger partial charge in [0.1, 0.15) is 5.75 Å². The quantitative estimate of drug-likeness (QED) is 0.248. The first-order valence-electron chi connectivity index (χ1n) is 9.12. The molecule has 0 atom stereocenters. The Hall–Kier alpha value is -2.83. The predicted molar refractivity (Wildman–Crippen MR) is 103 cm³/mol. The summed E-state index contributed by atoms with van der Waals surface area (Å²) < 4.78 is 20.1. The highest BCUT2D eigenvalue weighted by atomic mass is 16.6. The lowest BCUT2D eigenvalue weighted by atomic mass is 9.78. The molecule has 0 amide bonds. The Bertz CT molecular complexity index is 658. The van der Waals surface area contributed by atoms with Crippen LogP contribution in [0, 0.1) is 5.41 Å². The molecule has 1 aromatic carbocycles. The first kappa shape index (κ1) is 23.2. The molecule has 0 bridgehead atoms. The van der Waals surface area contributed by atoms with Crippen LogP contribution in [0.3, 0.4) is 0 Å². The number of methoxy groups -OCH3 is 2. The lowest BCUT2D eigenvalue weighted by Crippen LogP contribution is -2.43. The van der Waals surface area contributed by atoms with Gasteiger partial charge in [0.05, 0.1) is 33.9 Å². The fourth-order valence-corrected chi connectivity index (χ4v) is 2.64. The predicted octanol–water partition coefficient (Wildman–Crippen LogP) is 2.86. The minimum absolute atomic E-state index is 0.0354. The van der Waals surface area contributed by atoms with Gasteiger partial charge in [-0.25, -0.2) is 0 Å². The molecule has 0 aliphatic carbocycles. The van der Waals surface area contributed by atoms with Crippen molar-refractivity contribution < 1.29 is 33.3 Å². The van der Waals surface area contributed by atoms with E-state index in [1.165, 1.54) is 7.11 Å². The Morgan fingerprint density at radius 1 is 0.929 bits per heavy atom. The van der Waals surface area contributed by atoms with Crippen LogP contribution < -0.4 is 4.74 Å². The van der Waals surface area contributed by atoms with E-state index in [1.807, 2.05) is 0 Å². The van der Waals surface area contributed by atoms with Gasteiger partial charge in [-0.3, -0.25) is 14.4 Å². The maximum atomic E-state index is 12.8. The van der Waals surface area contributed by atoms with E-state index in [9.17, 15) is 14.4 Å². The molecule has 0 saturated carbocycles. The van der Waals surface area contributed by atoms with E-state index >= 15 is 0 Å². The second-order valence-corrected chi connectivity index (χ2v) is 6.00. The zero-order chi connectivity index (χ0) is 21.0. The van der Waals surface area contributed by atoms with Gasteiger partial charge >= 0.3 is 17.9 Å². The van der Waals surface area contributed by atoms with E-state index < -0.39 is 23.3 Å². The van der Waals surface area contributed by atoms with E-state index in [4.69, 9.17) is 14.2 Å². The van der Waals surface area contributed by atoms with Crippen LogP contribution in [0.2, 0.25) is 0 Å². The minimum Gasteiger partial charge on any atom is -0.497 e. The van der Waals surface area contributed by atoms with Crippen LogP contribution in [0.25, 0.3) is 0 Å². The third kappa shape index (κ3) is 6.40. The van der Waals surface area contributed by atoms with E-state index in [-0.39, 0.29) is 32.5 Å². The molecule has 0 spiro atoms. The van der Waals surface area contributed by atoms with Crippen molar-refractivity contribution in [3.8, 4) is 5.75 Å². The van der Waals surface area contributed by atoms with Gasteiger partial charge in [-0.1, -0.05) is 24.3 Å². The van der Waals surface area contributed by atoms with Crippen molar-refractivity contribution in [3.05, 3.63) is 42.0 Å². The van der Waals surface area contributed by atoms with Crippen molar-refractivity contribution in [2.75, 3.05) is 27.4 Å². The largest absolute Gasteiger partial charge is 0.497 e. The maximum Gasteiger partial charge on any atom is 0.324 e. The van der Waals surface area contributed by atoms with Crippen molar-refractivity contribution in [3.63, 3.8) is 0 Å². The topological polar surface area (TPSA) is 88.1 Å². The minimum atomic E-state index is -1.55. The maximum absolute atomic E-state index is 12.8. The standard InChI is InChI=1S/C21H28O7/c1-5-27-19(23)21(20(24)28-6-2,14-8-7-9-18(22)26-4)15-16-10-12-17(25-3)13-11-16/h7-8,10-13H,5-6,9,14-15H2,1-4H3/b8-7-. The van der Waals surface area contributed by atoms with Gasteiger partial charge in [-0.2, -0.15) is 0 Å². The zero-order valence-electron chi connectivity index (χ0n) is 16.9. The Labute approximate surface area is 165 Å². The number of carbonyl (C=O) groups excluding carboxylic acids is 3. The molecular formula is C21H28O7. The first-order chi connectivity index (χ1) is 13.4. The average molecular weight is 392 g/mol. The van der Waals surface area contributed by atoms with Crippen molar-refractivity contribution in [1.82, 2.24) is 0 Å². The van der Waals surface area contributed by atoms with Gasteiger partial charge in [0.25, 0.3) is 0 Å². The number of esters is 3. The van der Waals surface area contributed by atoms with Crippen molar-refractivity contribution in [1.29, 1.82) is 0 Å². The molecule has 28 heavy (non-hydrogen) atoms. The Morgan fingerprint density at radius 2 is 1.50 bits per heavy atom. The number of benzene rings is 1. The summed E-state index contributed by atoms with van der Waals surface area (Å²) in [6.45, 7) is 3.62. The molecule has 0 aromatic heterocycles. The molecule has 0 radical (unpaired) electrons. The molecular weight excluding hydrogens is 364 g/mol. The van der Waals surface area contributed by atoms with Crippen LogP contribution in [0.4, 0.5) is 0 Å². The fraction of sp³-hybridized carbons (Fsp3) is 0.476. The summed E-state index contributed by atoms with van der Waals surface area (Å²) in [5, 5.41) is 0. The van der Waals surface area contributed by atoms with Gasteiger partial charge in [0.15, 0.2) is 5.41 Å². The highest BCUT2D eigenvalue weighted by Gasteiger charge is 2.48. The third-order valence-corrected chi connectivity index (χ3v) is 4.14. The number of rotatable bonds is 11. The van der Waals surface area contributed by atoms with Crippen LogP contribution >= 0.6 is 0 Å². The smallest absolute Gasteiger partial charge is 0.324 e. The summed E-state index contributed by atoms with van der Waals surface area (Å²) >= 11 is 0. The Kier molecular flexibility index (Phi) is 9.78. The molecule has 0 fully saturated rings. The summed E-state index contributed by atoms with van der Waals surface area (Å²) in [6.07, 6.45) is 3.34. The molecule has 7 heteroatoms. The van der Waals surface area contributed by atoms with Crippen LogP contribution in [-0.2, 0) is 35.0 Å². The third-order valence-electron chi connectivity index (χ3n) is 4.14. The SMILES string of the molecule is CCOC(=O)C(C/C=C\CC(=O)OC)(Cc1ccc(OC)cc1)C(=O)OCC. The highest BCUT2D eigenvalue weighted by molar-refractivity contribution is 6.00. The van der Waals surface area contributed by atoms with E-state index in [0.717, 1.165) is 5.56 Å². The molecule has 0 N–H and O–H groups in total. The van der Waals surface area contributed by atoms with E-state index in [0.29, 0.717) is 5.75 Å². The summed E-state index contributed by atoms with van der Waals surface area (Å²) in [7, 11) is 2.85. The van der Waals surface area contributed by atoms with Gasteiger partial charge in [0.2, 0.25) is 0 Å². The van der Waals surface area contributed by atoms with Crippen LogP contribution in [0.15, 0.2) is 36.4 Å². The number of allylic oxidation sites excluding steroid dienone is 1. The lowest BCUT2D eigenvalue weighted by Gasteiger charge is -2.28. The second kappa shape index (κ2) is 11.8. The second-order valence-electron chi connectivity index (χ2n) is 6.00. The van der Waals surface area contributed by atoms with Crippen LogP contribution in [0.1, 0.15) is 32.3 Å². The molecule has 0 saturated heterocycles. The number of hydrogen-bond donors (Lipinski definition) is 0.